The van der Waals surface area contributed by atoms with E-state index in [4.69, 9.17) is 4.74 Å². The molecule has 0 saturated carbocycles. The van der Waals surface area contributed by atoms with Gasteiger partial charge in [0.15, 0.2) is 11.6 Å². The molecule has 0 aliphatic carbocycles. The molecule has 0 unspecified atom stereocenters. The van der Waals surface area contributed by atoms with Crippen molar-refractivity contribution in [2.45, 2.75) is 45.2 Å². The summed E-state index contributed by atoms with van der Waals surface area (Å²) >= 11 is 0. The van der Waals surface area contributed by atoms with Crippen LogP contribution < -0.4 is 15.4 Å². The summed E-state index contributed by atoms with van der Waals surface area (Å²) in [4.78, 5) is 37.8. The van der Waals surface area contributed by atoms with Crippen LogP contribution in [0.5, 0.6) is 5.75 Å². The normalized spacial score (nSPS) is 17.0. The summed E-state index contributed by atoms with van der Waals surface area (Å²) in [5.74, 6) is -1.32. The van der Waals surface area contributed by atoms with Crippen LogP contribution in [-0.4, -0.2) is 41.9 Å². The molecule has 1 aromatic rings. The van der Waals surface area contributed by atoms with Crippen molar-refractivity contribution in [2.24, 2.45) is 0 Å². The minimum absolute atomic E-state index is 0.113. The van der Waals surface area contributed by atoms with Crippen LogP contribution in [0, 0.1) is 5.82 Å². The van der Waals surface area contributed by atoms with E-state index >= 15 is 0 Å². The number of nitrogens with zero attached hydrogens (tertiary/aromatic N) is 1. The molecule has 8 heteroatoms. The Morgan fingerprint density at radius 2 is 2.00 bits per heavy atom. The first-order valence-electron chi connectivity index (χ1n) is 8.54. The van der Waals surface area contributed by atoms with E-state index in [1.165, 1.54) is 19.2 Å². The Hall–Kier alpha value is -2.64. The molecular weight excluding hydrogens is 341 g/mol. The third-order valence-corrected chi connectivity index (χ3v) is 4.81. The molecule has 2 rings (SSSR count). The van der Waals surface area contributed by atoms with Crippen molar-refractivity contribution in [1.29, 1.82) is 0 Å². The topological polar surface area (TPSA) is 87.7 Å². The van der Waals surface area contributed by atoms with E-state index in [2.05, 4.69) is 10.6 Å². The maximum Gasteiger partial charge on any atom is 0.325 e. The van der Waals surface area contributed by atoms with E-state index < -0.39 is 35.2 Å². The number of halogens is 1. The lowest BCUT2D eigenvalue weighted by molar-refractivity contribution is -0.135. The van der Waals surface area contributed by atoms with Crippen LogP contribution in [0.4, 0.5) is 9.18 Å². The first kappa shape index (κ1) is 19.7. The average Bonchev–Trinajstić information content (AvgIpc) is 2.86. The second-order valence-corrected chi connectivity index (χ2v) is 6.29. The van der Waals surface area contributed by atoms with Crippen LogP contribution in [0.1, 0.15) is 45.2 Å². The van der Waals surface area contributed by atoms with Crippen LogP contribution >= 0.6 is 0 Å². The van der Waals surface area contributed by atoms with Crippen LogP contribution in [0.2, 0.25) is 0 Å². The van der Waals surface area contributed by atoms with Gasteiger partial charge in [-0.25, -0.2) is 9.18 Å². The summed E-state index contributed by atoms with van der Waals surface area (Å²) < 4.78 is 18.7. The Balaban J connectivity index is 2.03. The lowest BCUT2D eigenvalue weighted by Crippen LogP contribution is -2.46. The highest BCUT2D eigenvalue weighted by Crippen LogP contribution is 2.25. The first-order valence-corrected chi connectivity index (χ1v) is 8.54. The number of hydrogen-bond acceptors (Lipinski definition) is 4. The SMILES string of the molecule is CCC1(CC)NC(=O)N(CC(=O)N[C@H](C)c2ccc(OC)c(F)c2)C1=O. The van der Waals surface area contributed by atoms with Gasteiger partial charge in [0.25, 0.3) is 5.91 Å². The van der Waals surface area contributed by atoms with E-state index in [0.29, 0.717) is 18.4 Å². The van der Waals surface area contributed by atoms with Gasteiger partial charge in [0, 0.05) is 0 Å². The number of carbonyl (C=O) groups excluding carboxylic acids is 3. The van der Waals surface area contributed by atoms with E-state index in [0.717, 1.165) is 4.90 Å². The minimum atomic E-state index is -0.942. The molecule has 1 fully saturated rings. The number of amides is 4. The summed E-state index contributed by atoms with van der Waals surface area (Å²) in [6.45, 7) is 4.93. The largest absolute Gasteiger partial charge is 0.494 e. The Morgan fingerprint density at radius 1 is 1.35 bits per heavy atom. The van der Waals surface area contributed by atoms with Gasteiger partial charge in [0.2, 0.25) is 5.91 Å². The van der Waals surface area contributed by atoms with E-state index in [-0.39, 0.29) is 12.3 Å². The number of imide groups is 1. The number of hydrogen-bond donors (Lipinski definition) is 2. The van der Waals surface area contributed by atoms with Crippen molar-refractivity contribution in [2.75, 3.05) is 13.7 Å². The number of benzene rings is 1. The summed E-state index contributed by atoms with van der Waals surface area (Å²) in [6.07, 6.45) is 0.904. The molecule has 0 radical (unpaired) electrons. The number of nitrogens with one attached hydrogen (secondary N) is 2. The summed E-state index contributed by atoms with van der Waals surface area (Å²) in [7, 11) is 1.37. The molecule has 4 amide bonds. The Labute approximate surface area is 151 Å². The molecule has 1 atom stereocenters. The molecule has 142 valence electrons. The highest BCUT2D eigenvalue weighted by molar-refractivity contribution is 6.09. The fraction of sp³-hybridized carbons (Fsp3) is 0.500. The number of carbonyl (C=O) groups is 3. The molecule has 1 aliphatic heterocycles. The fourth-order valence-corrected chi connectivity index (χ4v) is 3.02. The zero-order valence-corrected chi connectivity index (χ0v) is 15.4. The third kappa shape index (κ3) is 3.63. The average molecular weight is 365 g/mol. The van der Waals surface area contributed by atoms with Gasteiger partial charge in [-0.3, -0.25) is 14.5 Å². The zero-order chi connectivity index (χ0) is 19.5. The van der Waals surface area contributed by atoms with Gasteiger partial charge in [0.1, 0.15) is 12.1 Å². The number of methoxy groups -OCH3 is 1. The van der Waals surface area contributed by atoms with Crippen molar-refractivity contribution in [3.63, 3.8) is 0 Å². The molecule has 1 saturated heterocycles. The number of rotatable bonds is 7. The third-order valence-electron chi connectivity index (χ3n) is 4.81. The number of urea groups is 1. The standard InChI is InChI=1S/C18H24FN3O4/c1-5-18(6-2)16(24)22(17(25)21-18)10-15(23)20-11(3)12-7-8-14(26-4)13(19)9-12/h7-9,11H,5-6,10H2,1-4H3,(H,20,23)(H,21,25)/t11-/m1/s1. The van der Waals surface area contributed by atoms with Crippen molar-refractivity contribution in [1.82, 2.24) is 15.5 Å². The van der Waals surface area contributed by atoms with Gasteiger partial charge in [-0.05, 0) is 37.5 Å². The van der Waals surface area contributed by atoms with Gasteiger partial charge in [0.05, 0.1) is 13.2 Å². The molecule has 26 heavy (non-hydrogen) atoms. The van der Waals surface area contributed by atoms with Crippen LogP contribution in [0.15, 0.2) is 18.2 Å². The second-order valence-electron chi connectivity index (χ2n) is 6.29. The van der Waals surface area contributed by atoms with Crippen molar-refractivity contribution in [3.8, 4) is 5.75 Å². The number of ether oxygens (including phenoxy) is 1. The molecule has 1 heterocycles. The molecule has 0 bridgehead atoms. The highest BCUT2D eigenvalue weighted by atomic mass is 19.1. The quantitative estimate of drug-likeness (QED) is 0.725. The zero-order valence-electron chi connectivity index (χ0n) is 15.4. The summed E-state index contributed by atoms with van der Waals surface area (Å²) in [5, 5.41) is 5.34. The second kappa shape index (κ2) is 7.72. The molecule has 1 aromatic carbocycles. The van der Waals surface area contributed by atoms with Gasteiger partial charge < -0.3 is 15.4 Å². The smallest absolute Gasteiger partial charge is 0.325 e. The van der Waals surface area contributed by atoms with E-state index in [1.807, 2.05) is 13.8 Å². The van der Waals surface area contributed by atoms with Crippen LogP contribution in [-0.2, 0) is 9.59 Å². The first-order chi connectivity index (χ1) is 12.3. The van der Waals surface area contributed by atoms with Crippen LogP contribution in [0.3, 0.4) is 0 Å². The molecule has 7 nitrogen and oxygen atoms in total. The van der Waals surface area contributed by atoms with Gasteiger partial charge in [-0.15, -0.1) is 0 Å². The van der Waals surface area contributed by atoms with Crippen LogP contribution in [0.25, 0.3) is 0 Å². The summed E-state index contributed by atoms with van der Waals surface area (Å²) in [5.41, 5.74) is -0.396. The predicted octanol–water partition coefficient (Wildman–Crippen LogP) is 2.12. The molecular formula is C18H24FN3O4. The van der Waals surface area contributed by atoms with E-state index in [1.54, 1.807) is 13.0 Å². The molecule has 1 aliphatic rings. The fourth-order valence-electron chi connectivity index (χ4n) is 3.02. The molecule has 2 N–H and O–H groups in total. The van der Waals surface area contributed by atoms with Gasteiger partial charge in [-0.2, -0.15) is 0 Å². The summed E-state index contributed by atoms with van der Waals surface area (Å²) in [6, 6.07) is 3.32. The predicted molar refractivity (Wildman–Crippen MR) is 93.1 cm³/mol. The maximum absolute atomic E-state index is 13.8. The van der Waals surface area contributed by atoms with Gasteiger partial charge in [-0.1, -0.05) is 19.9 Å². The minimum Gasteiger partial charge on any atom is -0.494 e. The highest BCUT2D eigenvalue weighted by Gasteiger charge is 2.49. The van der Waals surface area contributed by atoms with Crippen molar-refractivity contribution >= 4 is 17.8 Å². The Bertz CT molecular complexity index is 718. The Kier molecular flexibility index (Phi) is 5.84. The molecule has 0 aromatic heterocycles. The van der Waals surface area contributed by atoms with Crippen molar-refractivity contribution in [3.05, 3.63) is 29.6 Å². The maximum atomic E-state index is 13.8. The van der Waals surface area contributed by atoms with Crippen molar-refractivity contribution < 1.29 is 23.5 Å². The molecule has 0 spiro atoms. The lowest BCUT2D eigenvalue weighted by atomic mass is 9.93. The Morgan fingerprint density at radius 3 is 2.50 bits per heavy atom. The van der Waals surface area contributed by atoms with E-state index in [9.17, 15) is 18.8 Å². The monoisotopic (exact) mass is 365 g/mol. The van der Waals surface area contributed by atoms with Gasteiger partial charge >= 0.3 is 6.03 Å². The lowest BCUT2D eigenvalue weighted by Gasteiger charge is -2.23.